The summed E-state index contributed by atoms with van der Waals surface area (Å²) >= 11 is 0. The van der Waals surface area contributed by atoms with Gasteiger partial charge in [0.15, 0.2) is 5.78 Å². The Hall–Kier alpha value is -2.04. The molecule has 0 saturated heterocycles. The maximum absolute atomic E-state index is 11.7. The van der Waals surface area contributed by atoms with Gasteiger partial charge in [0.05, 0.1) is 6.54 Å². The van der Waals surface area contributed by atoms with Crippen molar-refractivity contribution in [2.75, 3.05) is 0 Å². The number of carbonyl (C=O) groups excluding carboxylic acids is 1. The standard InChI is InChI=1S/C12H13NO4/c14-10-3-1-2-7-8(10)4-5-11(15)9(7)6-13-12(16)17/h4-5,13,15H,1-3,6H2,(H,16,17). The quantitative estimate of drug-likeness (QED) is 0.727. The maximum atomic E-state index is 11.7. The van der Waals surface area contributed by atoms with Gasteiger partial charge < -0.3 is 15.5 Å². The van der Waals surface area contributed by atoms with Gasteiger partial charge in [0, 0.05) is 17.5 Å². The molecule has 1 aromatic carbocycles. The zero-order chi connectivity index (χ0) is 12.4. The van der Waals surface area contributed by atoms with Gasteiger partial charge in [-0.2, -0.15) is 0 Å². The van der Waals surface area contributed by atoms with Gasteiger partial charge in [-0.05, 0) is 30.5 Å². The summed E-state index contributed by atoms with van der Waals surface area (Å²) in [5.74, 6) is 0.0926. The number of carbonyl (C=O) groups is 2. The number of ketones is 1. The molecule has 0 fully saturated rings. The molecule has 1 aromatic rings. The van der Waals surface area contributed by atoms with Crippen molar-refractivity contribution in [2.45, 2.75) is 25.8 Å². The molecule has 0 atom stereocenters. The number of amides is 1. The fourth-order valence-corrected chi connectivity index (χ4v) is 2.15. The molecular formula is C12H13NO4. The van der Waals surface area contributed by atoms with Gasteiger partial charge in [-0.25, -0.2) is 4.79 Å². The Morgan fingerprint density at radius 1 is 1.35 bits per heavy atom. The summed E-state index contributed by atoms with van der Waals surface area (Å²) in [7, 11) is 0. The van der Waals surface area contributed by atoms with Crippen LogP contribution in [0.1, 0.15) is 34.3 Å². The van der Waals surface area contributed by atoms with E-state index in [1.165, 1.54) is 6.07 Å². The van der Waals surface area contributed by atoms with Crippen molar-refractivity contribution >= 4 is 11.9 Å². The summed E-state index contributed by atoms with van der Waals surface area (Å²) in [5.41, 5.74) is 1.89. The molecule has 0 spiro atoms. The van der Waals surface area contributed by atoms with Gasteiger partial charge in [0.2, 0.25) is 0 Å². The highest BCUT2D eigenvalue weighted by Crippen LogP contribution is 2.30. The zero-order valence-corrected chi connectivity index (χ0v) is 9.19. The molecule has 0 aromatic heterocycles. The molecule has 0 bridgehead atoms. The third-order valence-corrected chi connectivity index (χ3v) is 2.95. The predicted octanol–water partition coefficient (Wildman–Crippen LogP) is 1.68. The lowest BCUT2D eigenvalue weighted by molar-refractivity contribution is 0.0972. The van der Waals surface area contributed by atoms with Gasteiger partial charge in [-0.15, -0.1) is 0 Å². The van der Waals surface area contributed by atoms with Crippen molar-refractivity contribution in [2.24, 2.45) is 0 Å². The van der Waals surface area contributed by atoms with Crippen molar-refractivity contribution in [1.82, 2.24) is 5.32 Å². The first-order valence-corrected chi connectivity index (χ1v) is 5.43. The molecule has 0 radical (unpaired) electrons. The summed E-state index contributed by atoms with van der Waals surface area (Å²) in [6.45, 7) is 0.0254. The van der Waals surface area contributed by atoms with Crippen molar-refractivity contribution in [1.29, 1.82) is 0 Å². The Morgan fingerprint density at radius 2 is 2.12 bits per heavy atom. The summed E-state index contributed by atoms with van der Waals surface area (Å²) in [4.78, 5) is 22.1. The molecule has 90 valence electrons. The third-order valence-electron chi connectivity index (χ3n) is 2.95. The number of nitrogens with one attached hydrogen (secondary N) is 1. The first kappa shape index (κ1) is 11.4. The molecule has 5 nitrogen and oxygen atoms in total. The lowest BCUT2D eigenvalue weighted by atomic mass is 9.87. The Labute approximate surface area is 98.1 Å². The van der Waals surface area contributed by atoms with Crippen LogP contribution < -0.4 is 5.32 Å². The second-order valence-electron chi connectivity index (χ2n) is 4.02. The van der Waals surface area contributed by atoms with E-state index in [1.54, 1.807) is 6.07 Å². The molecule has 3 N–H and O–H groups in total. The molecule has 1 aliphatic rings. The molecule has 0 aliphatic heterocycles. The Bertz CT molecular complexity index is 482. The fraction of sp³-hybridized carbons (Fsp3) is 0.333. The molecule has 0 heterocycles. The van der Waals surface area contributed by atoms with E-state index >= 15 is 0 Å². The fourth-order valence-electron chi connectivity index (χ4n) is 2.15. The van der Waals surface area contributed by atoms with Crippen molar-refractivity contribution in [3.05, 3.63) is 28.8 Å². The van der Waals surface area contributed by atoms with E-state index in [1.807, 2.05) is 0 Å². The van der Waals surface area contributed by atoms with Crippen LogP contribution in [0, 0.1) is 0 Å². The predicted molar refractivity (Wildman–Crippen MR) is 60.2 cm³/mol. The largest absolute Gasteiger partial charge is 0.508 e. The average molecular weight is 235 g/mol. The molecule has 5 heteroatoms. The van der Waals surface area contributed by atoms with Gasteiger partial charge >= 0.3 is 6.09 Å². The lowest BCUT2D eigenvalue weighted by Gasteiger charge is -2.19. The van der Waals surface area contributed by atoms with Crippen LogP contribution in [-0.4, -0.2) is 22.1 Å². The minimum atomic E-state index is -1.15. The molecule has 0 unspecified atom stereocenters. The minimum Gasteiger partial charge on any atom is -0.508 e. The molecule has 0 saturated carbocycles. The Morgan fingerprint density at radius 3 is 2.82 bits per heavy atom. The highest BCUT2D eigenvalue weighted by atomic mass is 16.4. The van der Waals surface area contributed by atoms with Gasteiger partial charge in [0.1, 0.15) is 5.75 Å². The van der Waals surface area contributed by atoms with E-state index in [0.29, 0.717) is 24.0 Å². The number of hydrogen-bond donors (Lipinski definition) is 3. The minimum absolute atomic E-state index is 0.0254. The van der Waals surface area contributed by atoms with Crippen LogP contribution in [0.4, 0.5) is 4.79 Å². The Balaban J connectivity index is 2.39. The number of phenols is 1. The summed E-state index contributed by atoms with van der Waals surface area (Å²) in [6.07, 6.45) is 0.814. The molecule has 17 heavy (non-hydrogen) atoms. The summed E-state index contributed by atoms with van der Waals surface area (Å²) < 4.78 is 0. The van der Waals surface area contributed by atoms with Crippen LogP contribution in [0.3, 0.4) is 0 Å². The first-order chi connectivity index (χ1) is 8.09. The smallest absolute Gasteiger partial charge is 0.404 e. The maximum Gasteiger partial charge on any atom is 0.404 e. The second kappa shape index (κ2) is 4.45. The first-order valence-electron chi connectivity index (χ1n) is 5.43. The highest BCUT2D eigenvalue weighted by molar-refractivity contribution is 5.99. The van der Waals surface area contributed by atoms with Crippen LogP contribution in [0.2, 0.25) is 0 Å². The van der Waals surface area contributed by atoms with E-state index < -0.39 is 6.09 Å². The van der Waals surface area contributed by atoms with Crippen LogP contribution in [0.15, 0.2) is 12.1 Å². The number of fused-ring (bicyclic) bond motifs is 1. The number of hydrogen-bond acceptors (Lipinski definition) is 3. The summed E-state index contributed by atoms with van der Waals surface area (Å²) in [5, 5.41) is 20.5. The van der Waals surface area contributed by atoms with E-state index in [0.717, 1.165) is 12.0 Å². The summed E-state index contributed by atoms with van der Waals surface area (Å²) in [6, 6.07) is 3.05. The topological polar surface area (TPSA) is 86.6 Å². The van der Waals surface area contributed by atoms with Crippen molar-refractivity contribution in [3.63, 3.8) is 0 Å². The number of phenolic OH excluding ortho intramolecular Hbond substituents is 1. The molecule has 1 amide bonds. The van der Waals surface area contributed by atoms with Gasteiger partial charge in [0.25, 0.3) is 0 Å². The second-order valence-corrected chi connectivity index (χ2v) is 4.02. The van der Waals surface area contributed by atoms with Crippen LogP contribution in [-0.2, 0) is 13.0 Å². The molecular weight excluding hydrogens is 222 g/mol. The normalized spacial score (nSPS) is 14.2. The molecule has 1 aliphatic carbocycles. The number of rotatable bonds is 2. The number of Topliss-reactive ketones (excluding diaryl/α,β-unsaturated/α-hetero) is 1. The average Bonchev–Trinajstić information content (AvgIpc) is 2.27. The SMILES string of the molecule is O=C(O)NCc1c(O)ccc2c1CCCC2=O. The highest BCUT2D eigenvalue weighted by Gasteiger charge is 2.21. The van der Waals surface area contributed by atoms with E-state index in [-0.39, 0.29) is 18.1 Å². The monoisotopic (exact) mass is 235 g/mol. The Kier molecular flexibility index (Phi) is 2.99. The number of aromatic hydroxyl groups is 1. The van der Waals surface area contributed by atoms with Crippen LogP contribution in [0.25, 0.3) is 0 Å². The molecule has 2 rings (SSSR count). The zero-order valence-electron chi connectivity index (χ0n) is 9.19. The van der Waals surface area contributed by atoms with E-state index in [4.69, 9.17) is 5.11 Å². The van der Waals surface area contributed by atoms with Gasteiger partial charge in [-0.3, -0.25) is 4.79 Å². The van der Waals surface area contributed by atoms with E-state index in [2.05, 4.69) is 5.32 Å². The van der Waals surface area contributed by atoms with Crippen molar-refractivity contribution in [3.8, 4) is 5.75 Å². The number of benzene rings is 1. The number of carboxylic acid groups (broad SMARTS) is 1. The lowest BCUT2D eigenvalue weighted by Crippen LogP contribution is -2.22. The van der Waals surface area contributed by atoms with Crippen LogP contribution >= 0.6 is 0 Å². The van der Waals surface area contributed by atoms with Gasteiger partial charge in [-0.1, -0.05) is 0 Å². The van der Waals surface area contributed by atoms with E-state index in [9.17, 15) is 14.7 Å². The van der Waals surface area contributed by atoms with Crippen LogP contribution in [0.5, 0.6) is 5.75 Å². The third kappa shape index (κ3) is 2.22. The van der Waals surface area contributed by atoms with Crippen molar-refractivity contribution < 1.29 is 19.8 Å².